The molecule has 0 aliphatic rings. The highest BCUT2D eigenvalue weighted by Crippen LogP contribution is 2.25. The monoisotopic (exact) mass is 259 g/mol. The van der Waals surface area contributed by atoms with Gasteiger partial charge in [-0.2, -0.15) is 0 Å². The van der Waals surface area contributed by atoms with Gasteiger partial charge < -0.3 is 5.73 Å². The second kappa shape index (κ2) is 3.99. The van der Waals surface area contributed by atoms with Crippen LogP contribution in [0.3, 0.4) is 0 Å². The molecule has 0 bridgehead atoms. The molecule has 0 atom stereocenters. The smallest absolute Gasteiger partial charge is 0.140 e. The van der Waals surface area contributed by atoms with Crippen LogP contribution in [-0.4, -0.2) is 5.54 Å². The van der Waals surface area contributed by atoms with Gasteiger partial charge in [0.05, 0.1) is 4.47 Å². The van der Waals surface area contributed by atoms with E-state index in [1.165, 1.54) is 0 Å². The molecule has 1 nitrogen and oxygen atoms in total. The number of hydrogen-bond donors (Lipinski definition) is 1. The molecule has 1 aromatic carbocycles. The van der Waals surface area contributed by atoms with E-state index in [9.17, 15) is 4.39 Å². The van der Waals surface area contributed by atoms with Crippen molar-refractivity contribution < 1.29 is 4.39 Å². The molecule has 14 heavy (non-hydrogen) atoms. The number of aryl methyl sites for hydroxylation is 1. The number of hydrogen-bond acceptors (Lipinski definition) is 1. The second-order valence-electron chi connectivity index (χ2n) is 4.33. The third-order valence-electron chi connectivity index (χ3n) is 2.00. The third kappa shape index (κ3) is 2.79. The normalized spacial score (nSPS) is 11.9. The van der Waals surface area contributed by atoms with Gasteiger partial charge in [0.2, 0.25) is 0 Å². The Balaban J connectivity index is 3.06. The van der Waals surface area contributed by atoms with E-state index in [0.29, 0.717) is 16.5 Å². The quantitative estimate of drug-likeness (QED) is 0.868. The molecule has 0 radical (unpaired) electrons. The summed E-state index contributed by atoms with van der Waals surface area (Å²) in [4.78, 5) is 0. The van der Waals surface area contributed by atoms with Crippen molar-refractivity contribution in [1.82, 2.24) is 0 Å². The SMILES string of the molecule is Cc1ccc(CC(C)(C)N)c(Br)c1F. The molecule has 0 aliphatic heterocycles. The highest BCUT2D eigenvalue weighted by molar-refractivity contribution is 9.10. The van der Waals surface area contributed by atoms with Gasteiger partial charge in [0.25, 0.3) is 0 Å². The highest BCUT2D eigenvalue weighted by Gasteiger charge is 2.16. The van der Waals surface area contributed by atoms with E-state index in [0.717, 1.165) is 5.56 Å². The van der Waals surface area contributed by atoms with E-state index < -0.39 is 0 Å². The van der Waals surface area contributed by atoms with Crippen molar-refractivity contribution in [1.29, 1.82) is 0 Å². The zero-order valence-electron chi connectivity index (χ0n) is 8.70. The molecule has 0 aromatic heterocycles. The lowest BCUT2D eigenvalue weighted by molar-refractivity contribution is 0.512. The molecule has 0 aliphatic carbocycles. The van der Waals surface area contributed by atoms with E-state index in [1.807, 2.05) is 19.9 Å². The topological polar surface area (TPSA) is 26.0 Å². The van der Waals surface area contributed by atoms with Gasteiger partial charge >= 0.3 is 0 Å². The molecular weight excluding hydrogens is 245 g/mol. The Morgan fingerprint density at radius 1 is 1.43 bits per heavy atom. The first kappa shape index (κ1) is 11.7. The summed E-state index contributed by atoms with van der Waals surface area (Å²) >= 11 is 3.25. The average molecular weight is 260 g/mol. The lowest BCUT2D eigenvalue weighted by Gasteiger charge is -2.19. The van der Waals surface area contributed by atoms with Gasteiger partial charge in [0.1, 0.15) is 5.82 Å². The van der Waals surface area contributed by atoms with Crippen LogP contribution in [0.2, 0.25) is 0 Å². The first-order chi connectivity index (χ1) is 6.31. The Morgan fingerprint density at radius 2 is 2.00 bits per heavy atom. The molecular formula is C11H15BrFN. The van der Waals surface area contributed by atoms with Crippen LogP contribution in [0.4, 0.5) is 4.39 Å². The molecule has 0 saturated carbocycles. The van der Waals surface area contributed by atoms with Crippen molar-refractivity contribution in [3.8, 4) is 0 Å². The van der Waals surface area contributed by atoms with Crippen molar-refractivity contribution in [2.45, 2.75) is 32.7 Å². The zero-order valence-corrected chi connectivity index (χ0v) is 10.3. The van der Waals surface area contributed by atoms with Gasteiger partial charge in [-0.25, -0.2) is 4.39 Å². The second-order valence-corrected chi connectivity index (χ2v) is 5.13. The summed E-state index contributed by atoms with van der Waals surface area (Å²) in [5.41, 5.74) is 7.13. The van der Waals surface area contributed by atoms with Crippen LogP contribution in [0.5, 0.6) is 0 Å². The van der Waals surface area contributed by atoms with Crippen molar-refractivity contribution in [3.63, 3.8) is 0 Å². The molecule has 0 saturated heterocycles. The van der Waals surface area contributed by atoms with Crippen molar-refractivity contribution in [2.24, 2.45) is 5.73 Å². The fourth-order valence-electron chi connectivity index (χ4n) is 1.31. The number of halogens is 2. The Kier molecular flexibility index (Phi) is 3.32. The van der Waals surface area contributed by atoms with E-state index in [2.05, 4.69) is 15.9 Å². The van der Waals surface area contributed by atoms with Crippen molar-refractivity contribution >= 4 is 15.9 Å². The minimum absolute atomic E-state index is 0.188. The Morgan fingerprint density at radius 3 is 2.50 bits per heavy atom. The average Bonchev–Trinajstić information content (AvgIpc) is 2.04. The maximum Gasteiger partial charge on any atom is 0.140 e. The van der Waals surface area contributed by atoms with Crippen LogP contribution in [0.1, 0.15) is 25.0 Å². The standard InChI is InChI=1S/C11H15BrFN/c1-7-4-5-8(6-11(2,3)14)9(12)10(7)13/h4-5H,6,14H2,1-3H3. The van der Waals surface area contributed by atoms with Crippen LogP contribution >= 0.6 is 15.9 Å². The van der Waals surface area contributed by atoms with Gasteiger partial charge in [-0.05, 0) is 54.2 Å². The molecule has 0 unspecified atom stereocenters. The fourth-order valence-corrected chi connectivity index (χ4v) is 1.90. The fraction of sp³-hybridized carbons (Fsp3) is 0.455. The first-order valence-corrected chi connectivity index (χ1v) is 5.33. The molecule has 0 heterocycles. The molecule has 1 rings (SSSR count). The van der Waals surface area contributed by atoms with Crippen LogP contribution in [0.25, 0.3) is 0 Å². The van der Waals surface area contributed by atoms with Gasteiger partial charge in [-0.1, -0.05) is 12.1 Å². The maximum absolute atomic E-state index is 13.5. The summed E-state index contributed by atoms with van der Waals surface area (Å²) < 4.78 is 14.0. The molecule has 0 fully saturated rings. The lowest BCUT2D eigenvalue weighted by Crippen LogP contribution is -2.34. The van der Waals surface area contributed by atoms with Gasteiger partial charge in [-0.3, -0.25) is 0 Å². The third-order valence-corrected chi connectivity index (χ3v) is 2.86. The van der Waals surface area contributed by atoms with Crippen molar-refractivity contribution in [3.05, 3.63) is 33.5 Å². The van der Waals surface area contributed by atoms with Gasteiger partial charge in [-0.15, -0.1) is 0 Å². The predicted octanol–water partition coefficient (Wildman–Crippen LogP) is 3.18. The Bertz CT molecular complexity index is 342. The minimum atomic E-state index is -0.315. The van der Waals surface area contributed by atoms with E-state index in [4.69, 9.17) is 5.73 Å². The van der Waals surface area contributed by atoms with Crippen LogP contribution in [0.15, 0.2) is 16.6 Å². The summed E-state index contributed by atoms with van der Waals surface area (Å²) in [6, 6.07) is 3.69. The summed E-state index contributed by atoms with van der Waals surface area (Å²) in [5, 5.41) is 0. The predicted molar refractivity (Wildman–Crippen MR) is 60.8 cm³/mol. The molecule has 0 spiro atoms. The molecule has 1 aromatic rings. The molecule has 78 valence electrons. The summed E-state index contributed by atoms with van der Waals surface area (Å²) in [7, 11) is 0. The zero-order chi connectivity index (χ0) is 10.9. The minimum Gasteiger partial charge on any atom is -0.325 e. The van der Waals surface area contributed by atoms with Crippen LogP contribution < -0.4 is 5.73 Å². The van der Waals surface area contributed by atoms with Crippen LogP contribution in [-0.2, 0) is 6.42 Å². The lowest BCUT2D eigenvalue weighted by atomic mass is 9.95. The largest absolute Gasteiger partial charge is 0.325 e. The van der Waals surface area contributed by atoms with Crippen LogP contribution in [0, 0.1) is 12.7 Å². The molecule has 2 N–H and O–H groups in total. The van der Waals surface area contributed by atoms with Gasteiger partial charge in [0.15, 0.2) is 0 Å². The number of nitrogens with two attached hydrogens (primary N) is 1. The van der Waals surface area contributed by atoms with Crippen molar-refractivity contribution in [2.75, 3.05) is 0 Å². The first-order valence-electron chi connectivity index (χ1n) is 4.53. The van der Waals surface area contributed by atoms with Gasteiger partial charge in [0, 0.05) is 5.54 Å². The van der Waals surface area contributed by atoms with E-state index >= 15 is 0 Å². The van der Waals surface area contributed by atoms with E-state index in [-0.39, 0.29) is 11.4 Å². The maximum atomic E-state index is 13.5. The highest BCUT2D eigenvalue weighted by atomic mass is 79.9. The number of benzene rings is 1. The Labute approximate surface area is 92.6 Å². The Hall–Kier alpha value is -0.410. The molecule has 3 heteroatoms. The van der Waals surface area contributed by atoms with E-state index in [1.54, 1.807) is 13.0 Å². The summed E-state index contributed by atoms with van der Waals surface area (Å²) in [6.07, 6.45) is 0.658. The number of rotatable bonds is 2. The summed E-state index contributed by atoms with van der Waals surface area (Å²) in [6.45, 7) is 5.60. The summed E-state index contributed by atoms with van der Waals surface area (Å²) in [5.74, 6) is -0.188. The molecule has 0 amide bonds.